The number of rotatable bonds is 8. The van der Waals surface area contributed by atoms with E-state index in [1.807, 2.05) is 48.9 Å². The number of aliphatic hydroxyl groups is 1. The van der Waals surface area contributed by atoms with Gasteiger partial charge in [0, 0.05) is 31.0 Å². The lowest BCUT2D eigenvalue weighted by Crippen LogP contribution is -2.31. The molecule has 2 aromatic carbocycles. The summed E-state index contributed by atoms with van der Waals surface area (Å²) in [5.41, 5.74) is 2.21. The van der Waals surface area contributed by atoms with Crippen LogP contribution >= 0.6 is 11.6 Å². The Hall–Kier alpha value is -3.58. The van der Waals surface area contributed by atoms with Gasteiger partial charge in [-0.2, -0.15) is 0 Å². The smallest absolute Gasteiger partial charge is 0.295 e. The Bertz CT molecular complexity index is 1220. The van der Waals surface area contributed by atoms with Crippen LogP contribution in [0.4, 0.5) is 0 Å². The Labute approximate surface area is 203 Å². The van der Waals surface area contributed by atoms with E-state index in [1.165, 1.54) is 4.90 Å². The monoisotopic (exact) mass is 479 g/mol. The highest BCUT2D eigenvalue weighted by Crippen LogP contribution is 2.40. The second-order valence-corrected chi connectivity index (χ2v) is 8.54. The normalized spacial score (nSPS) is 17.4. The van der Waals surface area contributed by atoms with Crippen LogP contribution in [-0.2, 0) is 16.1 Å². The largest absolute Gasteiger partial charge is 0.507 e. The van der Waals surface area contributed by atoms with Crippen molar-refractivity contribution in [3.63, 3.8) is 0 Å². The lowest BCUT2D eigenvalue weighted by Gasteiger charge is -2.25. The number of carbonyl (C=O) groups excluding carboxylic acids is 2. The van der Waals surface area contributed by atoms with Crippen molar-refractivity contribution in [1.82, 2.24) is 14.5 Å². The molecule has 3 aromatic rings. The highest BCUT2D eigenvalue weighted by Gasteiger charge is 2.45. The van der Waals surface area contributed by atoms with Crippen LogP contribution in [0.15, 0.2) is 66.8 Å². The molecule has 34 heavy (non-hydrogen) atoms. The maximum atomic E-state index is 13.1. The zero-order valence-corrected chi connectivity index (χ0v) is 19.8. The summed E-state index contributed by atoms with van der Waals surface area (Å²) in [6.07, 6.45) is 5.88. The zero-order chi connectivity index (χ0) is 24.2. The average Bonchev–Trinajstić information content (AvgIpc) is 3.43. The van der Waals surface area contributed by atoms with Crippen LogP contribution in [0.1, 0.15) is 36.1 Å². The Balaban J connectivity index is 1.73. The number of aryl methyl sites for hydroxylation is 2. The van der Waals surface area contributed by atoms with Gasteiger partial charge < -0.3 is 19.3 Å². The summed E-state index contributed by atoms with van der Waals surface area (Å²) in [4.78, 5) is 31.8. The van der Waals surface area contributed by atoms with Gasteiger partial charge in [0.25, 0.3) is 11.7 Å². The van der Waals surface area contributed by atoms with Gasteiger partial charge in [-0.15, -0.1) is 0 Å². The Morgan fingerprint density at radius 2 is 1.91 bits per heavy atom. The van der Waals surface area contributed by atoms with Gasteiger partial charge in [-0.05, 0) is 44.0 Å². The molecule has 2 heterocycles. The third kappa shape index (κ3) is 4.70. The van der Waals surface area contributed by atoms with Gasteiger partial charge in [-0.3, -0.25) is 9.59 Å². The van der Waals surface area contributed by atoms with Crippen molar-refractivity contribution in [2.75, 3.05) is 13.2 Å². The number of imidazole rings is 1. The summed E-state index contributed by atoms with van der Waals surface area (Å²) in [6, 6.07) is 11.7. The minimum atomic E-state index is -0.712. The number of hydrogen-bond donors (Lipinski definition) is 1. The molecule has 0 saturated carbocycles. The molecule has 4 rings (SSSR count). The summed E-state index contributed by atoms with van der Waals surface area (Å²) in [6.45, 7) is 5.26. The van der Waals surface area contributed by atoms with Gasteiger partial charge in [-0.25, -0.2) is 4.98 Å². The molecular formula is C26H26ClN3O4. The number of likely N-dealkylation sites (tertiary alicyclic amines) is 1. The second-order valence-electron chi connectivity index (χ2n) is 8.14. The molecule has 1 saturated heterocycles. The predicted molar refractivity (Wildman–Crippen MR) is 130 cm³/mol. The Morgan fingerprint density at radius 1 is 1.15 bits per heavy atom. The summed E-state index contributed by atoms with van der Waals surface area (Å²) < 4.78 is 7.38. The molecule has 0 bridgehead atoms. The van der Waals surface area contributed by atoms with Crippen LogP contribution < -0.4 is 4.74 Å². The lowest BCUT2D eigenvalue weighted by molar-refractivity contribution is -0.139. The van der Waals surface area contributed by atoms with Crippen molar-refractivity contribution in [2.24, 2.45) is 0 Å². The van der Waals surface area contributed by atoms with Crippen molar-refractivity contribution >= 4 is 29.1 Å². The molecule has 1 aromatic heterocycles. The van der Waals surface area contributed by atoms with E-state index < -0.39 is 17.7 Å². The van der Waals surface area contributed by atoms with Crippen LogP contribution in [0.3, 0.4) is 0 Å². The first-order chi connectivity index (χ1) is 16.4. The van der Waals surface area contributed by atoms with Crippen molar-refractivity contribution in [3.05, 3.63) is 88.5 Å². The molecule has 1 unspecified atom stereocenters. The molecule has 1 atom stereocenters. The Morgan fingerprint density at radius 3 is 2.56 bits per heavy atom. The summed E-state index contributed by atoms with van der Waals surface area (Å²) >= 11 is 6.31. The summed E-state index contributed by atoms with van der Waals surface area (Å²) in [7, 11) is 0. The third-order valence-electron chi connectivity index (χ3n) is 5.81. The number of aromatic nitrogens is 2. The van der Waals surface area contributed by atoms with Crippen molar-refractivity contribution < 1.29 is 19.4 Å². The first-order valence-corrected chi connectivity index (χ1v) is 11.5. The fourth-order valence-corrected chi connectivity index (χ4v) is 4.36. The molecule has 1 amide bonds. The van der Waals surface area contributed by atoms with E-state index in [1.54, 1.807) is 30.7 Å². The molecule has 7 nitrogen and oxygen atoms in total. The molecule has 1 fully saturated rings. The van der Waals surface area contributed by atoms with E-state index in [-0.39, 0.29) is 11.3 Å². The Kier molecular flexibility index (Phi) is 7.03. The minimum Gasteiger partial charge on any atom is -0.507 e. The molecule has 1 aliphatic rings. The van der Waals surface area contributed by atoms with Crippen LogP contribution in [-0.4, -0.2) is 44.4 Å². The maximum absolute atomic E-state index is 13.1. The molecule has 1 N–H and O–H groups in total. The van der Waals surface area contributed by atoms with Gasteiger partial charge in [0.15, 0.2) is 0 Å². The first-order valence-electron chi connectivity index (χ1n) is 11.1. The second kappa shape index (κ2) is 10.1. The number of amides is 1. The standard InChI is InChI=1S/C26H26ClN3O4/c1-3-34-21-10-9-19(15-20(21)27)24(31)22-23(18-7-5-17(2)6-8-18)30(26(33)25(22)32)13-4-12-29-14-11-28-16-29/h5-11,14-16,23,31H,3-4,12-13H2,1-2H3/b24-22+. The number of benzene rings is 2. The average molecular weight is 480 g/mol. The number of halogens is 1. The van der Waals surface area contributed by atoms with E-state index in [4.69, 9.17) is 16.3 Å². The van der Waals surface area contributed by atoms with Gasteiger partial charge in [0.2, 0.25) is 0 Å². The highest BCUT2D eigenvalue weighted by atomic mass is 35.5. The predicted octanol–water partition coefficient (Wildman–Crippen LogP) is 4.76. The van der Waals surface area contributed by atoms with Crippen molar-refractivity contribution in [3.8, 4) is 5.75 Å². The van der Waals surface area contributed by atoms with Gasteiger partial charge in [-0.1, -0.05) is 41.4 Å². The maximum Gasteiger partial charge on any atom is 0.295 e. The van der Waals surface area contributed by atoms with E-state index >= 15 is 0 Å². The van der Waals surface area contributed by atoms with E-state index in [2.05, 4.69) is 4.98 Å². The summed E-state index contributed by atoms with van der Waals surface area (Å²) in [5.74, 6) is -1.12. The van der Waals surface area contributed by atoms with Crippen LogP contribution in [0.2, 0.25) is 5.02 Å². The topological polar surface area (TPSA) is 84.7 Å². The van der Waals surface area contributed by atoms with Crippen LogP contribution in [0, 0.1) is 6.92 Å². The zero-order valence-electron chi connectivity index (χ0n) is 19.1. The minimum absolute atomic E-state index is 0.0525. The highest BCUT2D eigenvalue weighted by molar-refractivity contribution is 6.46. The fraction of sp³-hybridized carbons (Fsp3) is 0.269. The van der Waals surface area contributed by atoms with Crippen LogP contribution in [0.5, 0.6) is 5.75 Å². The molecule has 0 aliphatic carbocycles. The molecule has 8 heteroatoms. The van der Waals surface area contributed by atoms with E-state index in [0.29, 0.717) is 42.5 Å². The van der Waals surface area contributed by atoms with Gasteiger partial charge >= 0.3 is 0 Å². The number of nitrogens with zero attached hydrogens (tertiary/aromatic N) is 3. The van der Waals surface area contributed by atoms with Crippen molar-refractivity contribution in [2.45, 2.75) is 32.9 Å². The number of Topliss-reactive ketones (excluding diaryl/α,β-unsaturated/α-hetero) is 1. The lowest BCUT2D eigenvalue weighted by atomic mass is 9.94. The quantitative estimate of drug-likeness (QED) is 0.286. The fourth-order valence-electron chi connectivity index (χ4n) is 4.12. The third-order valence-corrected chi connectivity index (χ3v) is 6.11. The van der Waals surface area contributed by atoms with Gasteiger partial charge in [0.05, 0.1) is 29.6 Å². The summed E-state index contributed by atoms with van der Waals surface area (Å²) in [5, 5.41) is 11.5. The number of hydrogen-bond acceptors (Lipinski definition) is 5. The first kappa shape index (κ1) is 23.6. The number of carbonyl (C=O) groups is 2. The van der Waals surface area contributed by atoms with E-state index in [0.717, 1.165) is 11.1 Å². The van der Waals surface area contributed by atoms with Crippen LogP contribution in [0.25, 0.3) is 5.76 Å². The molecule has 0 spiro atoms. The van der Waals surface area contributed by atoms with Crippen molar-refractivity contribution in [1.29, 1.82) is 0 Å². The number of ether oxygens (including phenoxy) is 1. The van der Waals surface area contributed by atoms with E-state index in [9.17, 15) is 14.7 Å². The molecule has 1 aliphatic heterocycles. The van der Waals surface area contributed by atoms with Gasteiger partial charge in [0.1, 0.15) is 11.5 Å². The molecular weight excluding hydrogens is 454 g/mol. The molecule has 176 valence electrons. The number of aliphatic hydroxyl groups excluding tert-OH is 1. The SMILES string of the molecule is CCOc1ccc(/C(O)=C2\C(=O)C(=O)N(CCCn3ccnc3)C2c2ccc(C)cc2)cc1Cl. The molecule has 0 radical (unpaired) electrons. The number of ketones is 1.